The Hall–Kier alpha value is -1.02. The number of ether oxygens (including phenoxy) is 2. The van der Waals surface area contributed by atoms with E-state index in [4.69, 9.17) is 9.47 Å². The minimum absolute atomic E-state index is 0.563. The highest BCUT2D eigenvalue weighted by Gasteiger charge is 2.22. The van der Waals surface area contributed by atoms with Crippen molar-refractivity contribution >= 4 is 0 Å². The van der Waals surface area contributed by atoms with Crippen LogP contribution in [0.1, 0.15) is 84.1 Å². The third kappa shape index (κ3) is 6.18. The van der Waals surface area contributed by atoms with E-state index in [-0.39, 0.29) is 0 Å². The minimum Gasteiger partial charge on any atom is -0.463 e. The molecule has 2 heteroatoms. The molecule has 1 aliphatic carbocycles. The van der Waals surface area contributed by atoms with Crippen LogP contribution in [0.15, 0.2) is 24.3 Å². The van der Waals surface area contributed by atoms with Crippen LogP contribution in [0, 0.1) is 5.92 Å². The third-order valence-corrected chi connectivity index (χ3v) is 5.13. The first-order valence-corrected chi connectivity index (χ1v) is 9.43. The van der Waals surface area contributed by atoms with Crippen molar-refractivity contribution in [3.05, 3.63) is 29.8 Å². The van der Waals surface area contributed by atoms with Gasteiger partial charge in [0.15, 0.2) is 0 Å². The molecule has 23 heavy (non-hydrogen) atoms. The normalized spacial score (nSPS) is 17.9. The molecule has 1 fully saturated rings. The molecule has 1 aromatic carbocycles. The van der Waals surface area contributed by atoms with Crippen molar-refractivity contribution in [3.63, 3.8) is 0 Å². The molecular formula is C21H34O2. The highest BCUT2D eigenvalue weighted by atomic mass is 16.7. The lowest BCUT2D eigenvalue weighted by Crippen LogP contribution is -2.32. The molecule has 1 aliphatic rings. The summed E-state index contributed by atoms with van der Waals surface area (Å²) in [7, 11) is 0. The molecule has 1 unspecified atom stereocenters. The van der Waals surface area contributed by atoms with Crippen LogP contribution >= 0.6 is 0 Å². The van der Waals surface area contributed by atoms with Gasteiger partial charge in [0.25, 0.3) is 0 Å². The van der Waals surface area contributed by atoms with E-state index in [2.05, 4.69) is 38.1 Å². The molecule has 0 spiro atoms. The molecule has 1 saturated carbocycles. The summed E-state index contributed by atoms with van der Waals surface area (Å²) in [6.07, 6.45) is 9.29. The fourth-order valence-electron chi connectivity index (χ4n) is 3.36. The van der Waals surface area contributed by atoms with Crippen molar-refractivity contribution < 1.29 is 9.47 Å². The fraction of sp³-hybridized carbons (Fsp3) is 0.714. The number of benzene rings is 1. The minimum atomic E-state index is -0.563. The lowest BCUT2D eigenvalue weighted by Gasteiger charge is -2.28. The van der Waals surface area contributed by atoms with Crippen molar-refractivity contribution in [3.8, 4) is 5.75 Å². The van der Waals surface area contributed by atoms with Crippen LogP contribution in [-0.2, 0) is 4.74 Å². The van der Waals surface area contributed by atoms with E-state index in [1.807, 2.05) is 13.8 Å². The first-order valence-electron chi connectivity index (χ1n) is 9.43. The predicted octanol–water partition coefficient (Wildman–Crippen LogP) is 6.30. The largest absolute Gasteiger partial charge is 0.463 e. The van der Waals surface area contributed by atoms with Crippen LogP contribution in [0.25, 0.3) is 0 Å². The average Bonchev–Trinajstić information content (AvgIpc) is 2.55. The van der Waals surface area contributed by atoms with E-state index < -0.39 is 5.79 Å². The van der Waals surface area contributed by atoms with Crippen molar-refractivity contribution in [1.29, 1.82) is 0 Å². The summed E-state index contributed by atoms with van der Waals surface area (Å²) < 4.78 is 12.1. The van der Waals surface area contributed by atoms with Gasteiger partial charge in [-0.25, -0.2) is 0 Å². The SMILES string of the molecule is CCC(C)c1ccc(OC(C)(C)OCCC2CCCCC2)cc1. The van der Waals surface area contributed by atoms with Gasteiger partial charge in [-0.3, -0.25) is 0 Å². The molecule has 0 radical (unpaired) electrons. The predicted molar refractivity (Wildman–Crippen MR) is 97.0 cm³/mol. The lowest BCUT2D eigenvalue weighted by atomic mass is 9.87. The Bertz CT molecular complexity index is 443. The van der Waals surface area contributed by atoms with E-state index in [9.17, 15) is 0 Å². The lowest BCUT2D eigenvalue weighted by molar-refractivity contribution is -0.158. The standard InChI is InChI=1S/C21H34O2/c1-5-17(2)19-11-13-20(14-12-19)23-21(3,4)22-16-15-18-9-7-6-8-10-18/h11-14,17-18H,5-10,15-16H2,1-4H3. The van der Waals surface area contributed by atoms with Crippen molar-refractivity contribution in [2.75, 3.05) is 6.61 Å². The molecule has 130 valence electrons. The monoisotopic (exact) mass is 318 g/mol. The van der Waals surface area contributed by atoms with Gasteiger partial charge in [-0.15, -0.1) is 0 Å². The van der Waals surface area contributed by atoms with Crippen LogP contribution < -0.4 is 4.74 Å². The maximum Gasteiger partial charge on any atom is 0.204 e. The topological polar surface area (TPSA) is 18.5 Å². The molecular weight excluding hydrogens is 284 g/mol. The summed E-state index contributed by atoms with van der Waals surface area (Å²) >= 11 is 0. The van der Waals surface area contributed by atoms with Crippen LogP contribution in [0.2, 0.25) is 0 Å². The Morgan fingerprint density at radius 2 is 1.74 bits per heavy atom. The van der Waals surface area contributed by atoms with Gasteiger partial charge in [0.1, 0.15) is 5.75 Å². The van der Waals surface area contributed by atoms with Crippen molar-refractivity contribution in [1.82, 2.24) is 0 Å². The summed E-state index contributed by atoms with van der Waals surface area (Å²) in [4.78, 5) is 0. The Labute approximate surface area is 142 Å². The van der Waals surface area contributed by atoms with Gasteiger partial charge in [-0.1, -0.05) is 58.1 Å². The van der Waals surface area contributed by atoms with Gasteiger partial charge in [0.2, 0.25) is 5.79 Å². The number of hydrogen-bond acceptors (Lipinski definition) is 2. The van der Waals surface area contributed by atoms with Gasteiger partial charge in [-0.2, -0.15) is 0 Å². The molecule has 2 rings (SSSR count). The van der Waals surface area contributed by atoms with Crippen molar-refractivity contribution in [2.45, 2.75) is 84.3 Å². The van der Waals surface area contributed by atoms with Gasteiger partial charge in [0.05, 0.1) is 6.61 Å². The highest BCUT2D eigenvalue weighted by molar-refractivity contribution is 5.29. The summed E-state index contributed by atoms with van der Waals surface area (Å²) in [5.41, 5.74) is 1.37. The van der Waals surface area contributed by atoms with Gasteiger partial charge >= 0.3 is 0 Å². The molecule has 0 heterocycles. The molecule has 0 N–H and O–H groups in total. The molecule has 2 nitrogen and oxygen atoms in total. The van der Waals surface area contributed by atoms with E-state index in [1.165, 1.54) is 44.1 Å². The van der Waals surface area contributed by atoms with Crippen LogP contribution in [0.4, 0.5) is 0 Å². The summed E-state index contributed by atoms with van der Waals surface area (Å²) in [5, 5.41) is 0. The van der Waals surface area contributed by atoms with E-state index in [0.717, 1.165) is 24.7 Å². The average molecular weight is 319 g/mol. The van der Waals surface area contributed by atoms with Gasteiger partial charge < -0.3 is 9.47 Å². The molecule has 0 amide bonds. The number of hydrogen-bond donors (Lipinski definition) is 0. The zero-order valence-electron chi connectivity index (χ0n) is 15.4. The van der Waals surface area contributed by atoms with Crippen molar-refractivity contribution in [2.24, 2.45) is 5.92 Å². The molecule has 0 bridgehead atoms. The van der Waals surface area contributed by atoms with E-state index in [0.29, 0.717) is 5.92 Å². The molecule has 1 atom stereocenters. The quantitative estimate of drug-likeness (QED) is 0.523. The second-order valence-corrected chi connectivity index (χ2v) is 7.52. The molecule has 0 aromatic heterocycles. The first kappa shape index (κ1) is 18.3. The van der Waals surface area contributed by atoms with Gasteiger partial charge in [0, 0.05) is 13.8 Å². The fourth-order valence-corrected chi connectivity index (χ4v) is 3.36. The maximum absolute atomic E-state index is 6.04. The zero-order chi connectivity index (χ0) is 16.7. The van der Waals surface area contributed by atoms with E-state index in [1.54, 1.807) is 0 Å². The second kappa shape index (κ2) is 8.73. The second-order valence-electron chi connectivity index (χ2n) is 7.52. The van der Waals surface area contributed by atoms with Crippen LogP contribution in [0.3, 0.4) is 0 Å². The third-order valence-electron chi connectivity index (χ3n) is 5.13. The molecule has 0 aliphatic heterocycles. The van der Waals surface area contributed by atoms with Gasteiger partial charge in [-0.05, 0) is 42.4 Å². The van der Waals surface area contributed by atoms with E-state index >= 15 is 0 Å². The molecule has 1 aromatic rings. The summed E-state index contributed by atoms with van der Waals surface area (Å²) in [6, 6.07) is 8.46. The molecule has 0 saturated heterocycles. The highest BCUT2D eigenvalue weighted by Crippen LogP contribution is 2.28. The Kier molecular flexibility index (Phi) is 6.95. The number of rotatable bonds is 8. The zero-order valence-corrected chi connectivity index (χ0v) is 15.4. The Balaban J connectivity index is 1.77. The smallest absolute Gasteiger partial charge is 0.204 e. The van der Waals surface area contributed by atoms with Crippen LogP contribution in [0.5, 0.6) is 5.75 Å². The summed E-state index contributed by atoms with van der Waals surface area (Å²) in [6.45, 7) is 9.29. The summed E-state index contributed by atoms with van der Waals surface area (Å²) in [5.74, 6) is 1.78. The Morgan fingerprint density at radius 1 is 1.09 bits per heavy atom. The Morgan fingerprint density at radius 3 is 2.35 bits per heavy atom. The maximum atomic E-state index is 6.04. The first-order chi connectivity index (χ1) is 11.0. The van der Waals surface area contributed by atoms with Crippen LogP contribution in [-0.4, -0.2) is 12.4 Å².